The fourth-order valence-electron chi connectivity index (χ4n) is 3.97. The molecule has 164 valence electrons. The minimum Gasteiger partial charge on any atom is -0.449 e. The number of piperazine rings is 1. The third-order valence-corrected chi connectivity index (χ3v) is 5.65. The Hall–Kier alpha value is -1.95. The van der Waals surface area contributed by atoms with Gasteiger partial charge in [0.25, 0.3) is 0 Å². The summed E-state index contributed by atoms with van der Waals surface area (Å²) in [7, 11) is 0. The van der Waals surface area contributed by atoms with E-state index in [1.807, 2.05) is 0 Å². The molecular weight excluding hydrogens is 511 g/mol. The average molecular weight is 535 g/mol. The lowest BCUT2D eigenvalue weighted by Crippen LogP contribution is -2.49. The number of carboxylic acid groups (broad SMARTS) is 1. The highest BCUT2D eigenvalue weighted by Gasteiger charge is 2.31. The van der Waals surface area contributed by atoms with Gasteiger partial charge < -0.3 is 19.3 Å². The van der Waals surface area contributed by atoms with Crippen molar-refractivity contribution in [2.75, 3.05) is 31.1 Å². The van der Waals surface area contributed by atoms with Crippen LogP contribution in [0, 0.1) is 11.6 Å². The number of benzene rings is 1. The second-order valence-corrected chi connectivity index (χ2v) is 7.86. The van der Waals surface area contributed by atoms with Gasteiger partial charge in [-0.05, 0) is 32.8 Å². The average Bonchev–Trinajstić information content (AvgIpc) is 3.49. The zero-order chi connectivity index (χ0) is 20.9. The van der Waals surface area contributed by atoms with Crippen molar-refractivity contribution in [3.05, 3.63) is 34.1 Å². The number of pyridine rings is 1. The van der Waals surface area contributed by atoms with Crippen molar-refractivity contribution in [2.24, 2.45) is 0 Å². The van der Waals surface area contributed by atoms with E-state index in [4.69, 9.17) is 5.11 Å². The highest BCUT2D eigenvalue weighted by molar-refractivity contribution is 14.0. The Labute approximate surface area is 189 Å². The predicted octanol–water partition coefficient (Wildman–Crippen LogP) is 3.82. The maximum atomic E-state index is 15.6. The van der Waals surface area contributed by atoms with Crippen LogP contribution in [-0.4, -0.2) is 52.9 Å². The smallest absolute Gasteiger partial charge is 0.449 e. The third-order valence-electron chi connectivity index (χ3n) is 5.65. The topological polar surface area (TPSA) is 75.0 Å². The number of halogens is 3. The van der Waals surface area contributed by atoms with E-state index < -0.39 is 29.0 Å². The van der Waals surface area contributed by atoms with E-state index in [0.29, 0.717) is 32.2 Å². The quantitative estimate of drug-likeness (QED) is 0.474. The number of hydrogen-bond acceptors (Lipinski definition) is 5. The lowest BCUT2D eigenvalue weighted by molar-refractivity contribution is 0.143. The second-order valence-electron chi connectivity index (χ2n) is 7.86. The summed E-state index contributed by atoms with van der Waals surface area (Å²) in [5.41, 5.74) is -0.979. The van der Waals surface area contributed by atoms with Crippen LogP contribution in [0.4, 0.5) is 19.3 Å². The highest BCUT2D eigenvalue weighted by Crippen LogP contribution is 2.40. The SMILES string of the molecule is CC(C)N1CCN(c2c(F)cc3c(=O)c(OC(=O)O)cn(C4CC4)c3c2F)CC1.I. The summed E-state index contributed by atoms with van der Waals surface area (Å²) < 4.78 is 36.6. The molecule has 1 aromatic heterocycles. The van der Waals surface area contributed by atoms with Crippen LogP contribution in [0.1, 0.15) is 32.7 Å². The zero-order valence-electron chi connectivity index (χ0n) is 16.7. The highest BCUT2D eigenvalue weighted by atomic mass is 127. The number of hydrogen-bond donors (Lipinski definition) is 1. The monoisotopic (exact) mass is 535 g/mol. The molecule has 10 heteroatoms. The van der Waals surface area contributed by atoms with E-state index in [2.05, 4.69) is 23.5 Å². The summed E-state index contributed by atoms with van der Waals surface area (Å²) in [5, 5.41) is 8.65. The molecule has 1 aliphatic heterocycles. The number of rotatable bonds is 4. The van der Waals surface area contributed by atoms with Gasteiger partial charge in [0.05, 0.1) is 17.1 Å². The first-order chi connectivity index (χ1) is 13.8. The first-order valence-electron chi connectivity index (χ1n) is 9.74. The Bertz CT molecular complexity index is 1030. The lowest BCUT2D eigenvalue weighted by atomic mass is 10.1. The van der Waals surface area contributed by atoms with Crippen LogP contribution in [0.25, 0.3) is 10.9 Å². The van der Waals surface area contributed by atoms with Gasteiger partial charge in [0.2, 0.25) is 5.43 Å². The van der Waals surface area contributed by atoms with Gasteiger partial charge in [-0.2, -0.15) is 0 Å². The van der Waals surface area contributed by atoms with Crippen LogP contribution < -0.4 is 15.1 Å². The summed E-state index contributed by atoms with van der Waals surface area (Å²) >= 11 is 0. The van der Waals surface area contributed by atoms with E-state index >= 15 is 4.39 Å². The maximum absolute atomic E-state index is 15.6. The molecule has 1 N–H and O–H groups in total. The molecule has 30 heavy (non-hydrogen) atoms. The van der Waals surface area contributed by atoms with Crippen molar-refractivity contribution >= 4 is 46.7 Å². The first-order valence-corrected chi connectivity index (χ1v) is 9.74. The van der Waals surface area contributed by atoms with Gasteiger partial charge in [-0.25, -0.2) is 13.6 Å². The summed E-state index contributed by atoms with van der Waals surface area (Å²) in [4.78, 5) is 27.4. The van der Waals surface area contributed by atoms with Crippen molar-refractivity contribution < 1.29 is 23.4 Å². The minimum absolute atomic E-state index is 0. The van der Waals surface area contributed by atoms with Crippen molar-refractivity contribution in [1.82, 2.24) is 9.47 Å². The van der Waals surface area contributed by atoms with Crippen LogP contribution >= 0.6 is 24.0 Å². The van der Waals surface area contributed by atoms with Crippen molar-refractivity contribution in [1.29, 1.82) is 0 Å². The Kier molecular flexibility index (Phi) is 6.56. The van der Waals surface area contributed by atoms with E-state index in [1.54, 1.807) is 4.90 Å². The second kappa shape index (κ2) is 8.66. The van der Waals surface area contributed by atoms with E-state index in [0.717, 1.165) is 18.9 Å². The van der Waals surface area contributed by atoms with Gasteiger partial charge in [-0.3, -0.25) is 9.69 Å². The molecule has 0 spiro atoms. The molecule has 0 radical (unpaired) electrons. The molecule has 1 aromatic carbocycles. The van der Waals surface area contributed by atoms with E-state index in [9.17, 15) is 14.0 Å². The summed E-state index contributed by atoms with van der Waals surface area (Å²) in [6.45, 7) is 6.50. The zero-order valence-corrected chi connectivity index (χ0v) is 19.1. The lowest BCUT2D eigenvalue weighted by Gasteiger charge is -2.38. The van der Waals surface area contributed by atoms with Gasteiger partial charge in [0, 0.05) is 38.3 Å². The molecule has 0 amide bonds. The van der Waals surface area contributed by atoms with Crippen molar-refractivity contribution in [2.45, 2.75) is 38.8 Å². The van der Waals surface area contributed by atoms with Crippen LogP contribution in [0.3, 0.4) is 0 Å². The predicted molar refractivity (Wildman–Crippen MR) is 119 cm³/mol. The molecule has 2 aliphatic rings. The van der Waals surface area contributed by atoms with Gasteiger partial charge in [-0.15, -0.1) is 24.0 Å². The summed E-state index contributed by atoms with van der Waals surface area (Å²) in [6.07, 6.45) is 1.11. The third kappa shape index (κ3) is 4.11. The fourth-order valence-corrected chi connectivity index (χ4v) is 3.97. The van der Waals surface area contributed by atoms with E-state index in [1.165, 1.54) is 10.8 Å². The van der Waals surface area contributed by atoms with Crippen LogP contribution in [0.5, 0.6) is 5.75 Å². The number of nitrogens with zero attached hydrogens (tertiary/aromatic N) is 3. The number of ether oxygens (including phenoxy) is 1. The van der Waals surface area contributed by atoms with Gasteiger partial charge in [0.1, 0.15) is 11.5 Å². The molecule has 7 nitrogen and oxygen atoms in total. The maximum Gasteiger partial charge on any atom is 0.511 e. The van der Waals surface area contributed by atoms with Crippen molar-refractivity contribution in [3.63, 3.8) is 0 Å². The Morgan fingerprint density at radius 3 is 2.37 bits per heavy atom. The van der Waals surface area contributed by atoms with Crippen LogP contribution in [-0.2, 0) is 0 Å². The van der Waals surface area contributed by atoms with Crippen LogP contribution in [0.15, 0.2) is 17.1 Å². The molecule has 1 saturated heterocycles. The molecular formula is C20H24F2IN3O4. The number of aromatic nitrogens is 1. The number of anilines is 1. The summed E-state index contributed by atoms with van der Waals surface area (Å²) in [6, 6.07) is 1.29. The number of carbonyl (C=O) groups is 1. The molecule has 2 fully saturated rings. The largest absolute Gasteiger partial charge is 0.511 e. The van der Waals surface area contributed by atoms with E-state index in [-0.39, 0.29) is 46.6 Å². The molecule has 0 unspecified atom stereocenters. The normalized spacial score (nSPS) is 17.3. The van der Waals surface area contributed by atoms with Crippen molar-refractivity contribution in [3.8, 4) is 5.75 Å². The first kappa shape index (κ1) is 22.7. The molecule has 1 aliphatic carbocycles. The fraction of sp³-hybridized carbons (Fsp3) is 0.500. The number of fused-ring (bicyclic) bond motifs is 1. The molecule has 2 aromatic rings. The van der Waals surface area contributed by atoms with Gasteiger partial charge in [0.15, 0.2) is 11.6 Å². The molecule has 2 heterocycles. The molecule has 4 rings (SSSR count). The minimum atomic E-state index is -1.65. The summed E-state index contributed by atoms with van der Waals surface area (Å²) in [5.74, 6) is -2.07. The van der Waals surface area contributed by atoms with Gasteiger partial charge >= 0.3 is 6.16 Å². The molecule has 0 atom stereocenters. The standard InChI is InChI=1S/C20H23F2N3O4.HI/c1-11(2)23-5-7-24(8-6-23)18-14(21)9-13-17(16(18)22)25(12-3-4-12)10-15(19(13)26)29-20(27)28;/h9-12H,3-8H2,1-2H3,(H,27,28);1H. The Balaban J connectivity index is 0.00000256. The molecule has 0 bridgehead atoms. The Morgan fingerprint density at radius 2 is 1.83 bits per heavy atom. The molecule has 1 saturated carbocycles. The Morgan fingerprint density at radius 1 is 1.20 bits per heavy atom. The van der Waals surface area contributed by atoms with Crippen LogP contribution in [0.2, 0.25) is 0 Å². The van der Waals surface area contributed by atoms with Gasteiger partial charge in [-0.1, -0.05) is 0 Å².